The quantitative estimate of drug-likeness (QED) is 0.257. The van der Waals surface area contributed by atoms with Crippen LogP contribution in [0.15, 0.2) is 35.8 Å². The molecular formula is C24H25Cl3N4O5S. The maximum absolute atomic E-state index is 13.2. The molecule has 1 atom stereocenters. The summed E-state index contributed by atoms with van der Waals surface area (Å²) in [4.78, 5) is 32.6. The van der Waals surface area contributed by atoms with Crippen molar-refractivity contribution in [2.24, 2.45) is 0 Å². The van der Waals surface area contributed by atoms with E-state index in [-0.39, 0.29) is 32.7 Å². The molecule has 0 radical (unpaired) electrons. The van der Waals surface area contributed by atoms with Gasteiger partial charge in [0.15, 0.2) is 6.29 Å². The number of methoxy groups -OCH3 is 1. The van der Waals surface area contributed by atoms with Crippen LogP contribution in [-0.2, 0) is 11.3 Å². The minimum absolute atomic E-state index is 0.0696. The number of pyridine rings is 1. The Labute approximate surface area is 233 Å². The number of rotatable bonds is 11. The molecule has 0 bridgehead atoms. The van der Waals surface area contributed by atoms with Crippen molar-refractivity contribution in [1.29, 1.82) is 0 Å². The molecule has 9 nitrogen and oxygen atoms in total. The highest BCUT2D eigenvalue weighted by molar-refractivity contribution is 7.13. The molecule has 1 unspecified atom stereocenters. The number of carbonyl (C=O) groups excluding carboxylic acids is 2. The van der Waals surface area contributed by atoms with Gasteiger partial charge in [0.1, 0.15) is 16.4 Å². The maximum Gasteiger partial charge on any atom is 0.267 e. The van der Waals surface area contributed by atoms with E-state index in [1.54, 1.807) is 24.4 Å². The van der Waals surface area contributed by atoms with Crippen LogP contribution in [0.4, 0.5) is 11.5 Å². The average molecular weight is 588 g/mol. The van der Waals surface area contributed by atoms with Crippen molar-refractivity contribution in [2.45, 2.75) is 19.8 Å². The molecule has 0 spiro atoms. The maximum atomic E-state index is 13.2. The summed E-state index contributed by atoms with van der Waals surface area (Å²) in [6.07, 6.45) is 0.555. The molecule has 0 aliphatic rings. The summed E-state index contributed by atoms with van der Waals surface area (Å²) < 4.78 is 10.5. The SMILES string of the molecule is COc1cc(Cl)cc(C(=O)Nc2ccc(Cl)cn2)c1NC(=O)c1scc(CN(C)CCOC(C)O)c1Cl. The Morgan fingerprint density at radius 1 is 1.16 bits per heavy atom. The van der Waals surface area contributed by atoms with E-state index in [1.165, 1.54) is 36.8 Å². The number of thiophene rings is 1. The van der Waals surface area contributed by atoms with E-state index in [1.807, 2.05) is 11.9 Å². The number of amides is 2. The molecule has 2 aromatic heterocycles. The monoisotopic (exact) mass is 586 g/mol. The molecule has 0 aliphatic heterocycles. The van der Waals surface area contributed by atoms with Crippen LogP contribution in [0.3, 0.4) is 0 Å². The molecule has 3 aromatic rings. The molecule has 0 saturated heterocycles. The number of likely N-dealkylation sites (N-methyl/N-ethyl adjacent to an activating group) is 1. The Morgan fingerprint density at radius 2 is 1.92 bits per heavy atom. The first-order chi connectivity index (χ1) is 17.6. The van der Waals surface area contributed by atoms with Gasteiger partial charge in [-0.2, -0.15) is 0 Å². The third-order valence-electron chi connectivity index (χ3n) is 5.02. The number of aromatic nitrogens is 1. The van der Waals surface area contributed by atoms with Gasteiger partial charge in [-0.05, 0) is 43.1 Å². The summed E-state index contributed by atoms with van der Waals surface area (Å²) in [6.45, 7) is 2.91. The molecule has 2 heterocycles. The van der Waals surface area contributed by atoms with E-state index >= 15 is 0 Å². The summed E-state index contributed by atoms with van der Waals surface area (Å²) >= 11 is 19.8. The number of halogens is 3. The highest BCUT2D eigenvalue weighted by Crippen LogP contribution is 2.35. The number of aliphatic hydroxyl groups is 1. The first kappa shape index (κ1) is 29.1. The summed E-state index contributed by atoms with van der Waals surface area (Å²) in [5.41, 5.74) is 0.952. The van der Waals surface area contributed by atoms with E-state index in [4.69, 9.17) is 44.3 Å². The first-order valence-electron chi connectivity index (χ1n) is 10.9. The predicted molar refractivity (Wildman–Crippen MR) is 146 cm³/mol. The van der Waals surface area contributed by atoms with Crippen molar-refractivity contribution < 1.29 is 24.2 Å². The molecule has 0 aliphatic carbocycles. The number of aliphatic hydroxyl groups excluding tert-OH is 1. The minimum atomic E-state index is -0.840. The second-order valence-electron chi connectivity index (χ2n) is 7.91. The highest BCUT2D eigenvalue weighted by atomic mass is 35.5. The van der Waals surface area contributed by atoms with E-state index in [0.29, 0.717) is 29.7 Å². The van der Waals surface area contributed by atoms with Crippen molar-refractivity contribution in [1.82, 2.24) is 9.88 Å². The molecular weight excluding hydrogens is 563 g/mol. The van der Waals surface area contributed by atoms with Gasteiger partial charge in [0, 0.05) is 30.4 Å². The second-order valence-corrected chi connectivity index (χ2v) is 10.0. The van der Waals surface area contributed by atoms with Gasteiger partial charge in [-0.3, -0.25) is 14.5 Å². The largest absolute Gasteiger partial charge is 0.494 e. The smallest absolute Gasteiger partial charge is 0.267 e. The van der Waals surface area contributed by atoms with E-state index < -0.39 is 18.1 Å². The van der Waals surface area contributed by atoms with Crippen LogP contribution in [-0.4, -0.2) is 60.4 Å². The average Bonchev–Trinajstić information content (AvgIpc) is 3.20. The zero-order valence-electron chi connectivity index (χ0n) is 20.2. The zero-order chi connectivity index (χ0) is 27.1. The molecule has 13 heteroatoms. The Hall–Kier alpha value is -2.44. The number of carbonyl (C=O) groups is 2. The molecule has 2 amide bonds. The number of nitrogens with one attached hydrogen (secondary N) is 2. The van der Waals surface area contributed by atoms with E-state index in [0.717, 1.165) is 5.56 Å². The van der Waals surface area contributed by atoms with Crippen LogP contribution in [0.2, 0.25) is 15.1 Å². The molecule has 0 fully saturated rings. The Kier molecular flexibility index (Phi) is 10.5. The van der Waals surface area contributed by atoms with Gasteiger partial charge in [-0.15, -0.1) is 11.3 Å². The van der Waals surface area contributed by atoms with Crippen LogP contribution >= 0.6 is 46.1 Å². The highest BCUT2D eigenvalue weighted by Gasteiger charge is 2.23. The van der Waals surface area contributed by atoms with Gasteiger partial charge < -0.3 is 25.2 Å². The van der Waals surface area contributed by atoms with Crippen molar-refractivity contribution >= 4 is 69.5 Å². The zero-order valence-corrected chi connectivity index (χ0v) is 23.3. The molecule has 3 N–H and O–H groups in total. The topological polar surface area (TPSA) is 113 Å². The Bertz CT molecular complexity index is 1250. The lowest BCUT2D eigenvalue weighted by Crippen LogP contribution is -2.24. The molecule has 3 rings (SSSR count). The third kappa shape index (κ3) is 8.02. The molecule has 198 valence electrons. The summed E-state index contributed by atoms with van der Waals surface area (Å²) in [5.74, 6) is -0.620. The van der Waals surface area contributed by atoms with Crippen LogP contribution in [0, 0.1) is 0 Å². The fourth-order valence-corrected chi connectivity index (χ4v) is 4.81. The fraction of sp³-hybridized carbons (Fsp3) is 0.292. The predicted octanol–water partition coefficient (Wildman–Crippen LogP) is 5.40. The van der Waals surface area contributed by atoms with Crippen molar-refractivity contribution in [3.05, 3.63) is 66.9 Å². The van der Waals surface area contributed by atoms with Gasteiger partial charge in [-0.25, -0.2) is 4.98 Å². The minimum Gasteiger partial charge on any atom is -0.494 e. The molecule has 0 saturated carbocycles. The van der Waals surface area contributed by atoms with Gasteiger partial charge in [-0.1, -0.05) is 34.8 Å². The third-order valence-corrected chi connectivity index (χ3v) is 7.03. The van der Waals surface area contributed by atoms with Crippen molar-refractivity contribution in [3.63, 3.8) is 0 Å². The van der Waals surface area contributed by atoms with Crippen LogP contribution in [0.5, 0.6) is 5.75 Å². The van der Waals surface area contributed by atoms with Gasteiger partial charge in [0.05, 0.1) is 35.0 Å². The lowest BCUT2D eigenvalue weighted by molar-refractivity contribution is -0.0886. The first-order valence-corrected chi connectivity index (χ1v) is 13.0. The fourth-order valence-electron chi connectivity index (χ4n) is 3.24. The standard InChI is InChI=1S/C24H25Cl3N4O5S/c1-13(32)36-7-6-31(2)11-14-12-37-22(20(14)27)24(34)30-21-17(8-16(26)9-18(21)35-3)23(33)29-19-5-4-15(25)10-28-19/h4-5,8-10,12-13,32H,6-7,11H2,1-3H3,(H,30,34)(H,28,29,33). The molecule has 1 aromatic carbocycles. The van der Waals surface area contributed by atoms with Crippen molar-refractivity contribution in [2.75, 3.05) is 37.9 Å². The van der Waals surface area contributed by atoms with Gasteiger partial charge >= 0.3 is 0 Å². The number of anilines is 2. The van der Waals surface area contributed by atoms with Gasteiger partial charge in [0.2, 0.25) is 0 Å². The Balaban J connectivity index is 1.80. The summed E-state index contributed by atoms with van der Waals surface area (Å²) in [5, 5.41) is 17.4. The van der Waals surface area contributed by atoms with Crippen molar-refractivity contribution in [3.8, 4) is 5.75 Å². The number of hydrogen-bond donors (Lipinski definition) is 3. The number of nitrogens with zero attached hydrogens (tertiary/aromatic N) is 2. The lowest BCUT2D eigenvalue weighted by Gasteiger charge is -2.17. The van der Waals surface area contributed by atoms with Crippen LogP contribution in [0.25, 0.3) is 0 Å². The lowest BCUT2D eigenvalue weighted by atomic mass is 10.1. The number of hydrogen-bond acceptors (Lipinski definition) is 8. The molecule has 37 heavy (non-hydrogen) atoms. The van der Waals surface area contributed by atoms with Gasteiger partial charge in [0.25, 0.3) is 11.8 Å². The summed E-state index contributed by atoms with van der Waals surface area (Å²) in [6, 6.07) is 6.02. The van der Waals surface area contributed by atoms with E-state index in [9.17, 15) is 14.7 Å². The summed E-state index contributed by atoms with van der Waals surface area (Å²) in [7, 11) is 3.27. The second kappa shape index (κ2) is 13.4. The van der Waals surface area contributed by atoms with E-state index in [2.05, 4.69) is 15.6 Å². The normalized spacial score (nSPS) is 11.9. The number of ether oxygens (including phenoxy) is 2. The van der Waals surface area contributed by atoms with Crippen LogP contribution < -0.4 is 15.4 Å². The van der Waals surface area contributed by atoms with Crippen LogP contribution in [0.1, 0.15) is 32.5 Å². The number of benzene rings is 1. The Morgan fingerprint density at radius 3 is 2.57 bits per heavy atom.